The maximum Gasteiger partial charge on any atom is 0.194 e. The zero-order valence-corrected chi connectivity index (χ0v) is 19.8. The van der Waals surface area contributed by atoms with Crippen molar-refractivity contribution in [2.45, 2.75) is 76.9 Å². The van der Waals surface area contributed by atoms with E-state index in [0.717, 1.165) is 28.5 Å². The predicted octanol–water partition coefficient (Wildman–Crippen LogP) is 8.07. The van der Waals surface area contributed by atoms with E-state index in [2.05, 4.69) is 13.0 Å². The van der Waals surface area contributed by atoms with Crippen molar-refractivity contribution < 1.29 is 14.3 Å². The second-order valence-corrected chi connectivity index (χ2v) is 9.12. The Hall–Kier alpha value is -2.65. The second kappa shape index (κ2) is 12.0. The Balaban J connectivity index is 1.24. The largest absolute Gasteiger partial charge is 0.493 e. The molecule has 0 radical (unpaired) electrons. The normalized spacial score (nSPS) is 17.2. The minimum atomic E-state index is -0.427. The molecule has 174 valence electrons. The average Bonchev–Trinajstić information content (AvgIpc) is 3.65. The van der Waals surface area contributed by atoms with Gasteiger partial charge in [0.2, 0.25) is 0 Å². The van der Waals surface area contributed by atoms with Gasteiger partial charge in [-0.1, -0.05) is 113 Å². The number of epoxide rings is 1. The highest BCUT2D eigenvalue weighted by Crippen LogP contribution is 2.44. The summed E-state index contributed by atoms with van der Waals surface area (Å²) in [7, 11) is 0. The fourth-order valence-corrected chi connectivity index (χ4v) is 4.50. The average molecular weight is 445 g/mol. The first kappa shape index (κ1) is 23.5. The summed E-state index contributed by atoms with van der Waals surface area (Å²) in [6.45, 7) is 2.97. The van der Waals surface area contributed by atoms with Crippen LogP contribution in [0.15, 0.2) is 66.7 Å². The van der Waals surface area contributed by atoms with Crippen LogP contribution >= 0.6 is 0 Å². The molecule has 0 spiro atoms. The molecule has 3 heteroatoms. The molecule has 3 nitrogen and oxygen atoms in total. The van der Waals surface area contributed by atoms with Crippen LogP contribution in [0.3, 0.4) is 0 Å². The number of carbonyl (C=O) groups excluding carboxylic acids is 1. The van der Waals surface area contributed by atoms with E-state index in [0.29, 0.717) is 12.2 Å². The van der Waals surface area contributed by atoms with Crippen molar-refractivity contribution >= 4 is 16.6 Å². The summed E-state index contributed by atoms with van der Waals surface area (Å²) in [5.41, 5.74) is 1.68. The standard InChI is InChI=1S/C30H36O3/c1-2-3-4-5-6-7-8-9-14-21-32-27-18-13-12-17-26(27)29-30(33-29)28(31)25-20-19-23-15-10-11-16-24(23)22-25/h10-13,15-20,22,29-30H,2-9,14,21H2,1H3/t29-,30-/m0/s1. The summed E-state index contributed by atoms with van der Waals surface area (Å²) < 4.78 is 11.9. The van der Waals surface area contributed by atoms with Crippen molar-refractivity contribution in [1.82, 2.24) is 0 Å². The van der Waals surface area contributed by atoms with E-state index in [1.807, 2.05) is 60.7 Å². The molecule has 1 fully saturated rings. The van der Waals surface area contributed by atoms with Gasteiger partial charge < -0.3 is 9.47 Å². The van der Waals surface area contributed by atoms with E-state index in [-0.39, 0.29) is 11.9 Å². The highest BCUT2D eigenvalue weighted by atomic mass is 16.6. The lowest BCUT2D eigenvalue weighted by Crippen LogP contribution is -2.09. The molecule has 0 aromatic heterocycles. The number of Topliss-reactive ketones (excluding diaryl/α,β-unsaturated/α-hetero) is 1. The molecule has 3 aromatic rings. The van der Waals surface area contributed by atoms with E-state index < -0.39 is 6.10 Å². The molecule has 0 N–H and O–H groups in total. The van der Waals surface area contributed by atoms with Gasteiger partial charge in [0.15, 0.2) is 11.9 Å². The molecule has 0 amide bonds. The Bertz CT molecular complexity index is 1040. The molecule has 1 aliphatic rings. The van der Waals surface area contributed by atoms with Gasteiger partial charge in [-0.05, 0) is 29.3 Å². The van der Waals surface area contributed by atoms with Crippen LogP contribution in [0, 0.1) is 0 Å². The van der Waals surface area contributed by atoms with Crippen LogP contribution in [0.2, 0.25) is 0 Å². The maximum absolute atomic E-state index is 13.0. The second-order valence-electron chi connectivity index (χ2n) is 9.12. The molecule has 0 aliphatic carbocycles. The number of carbonyl (C=O) groups is 1. The smallest absolute Gasteiger partial charge is 0.194 e. The lowest BCUT2D eigenvalue weighted by Gasteiger charge is -2.10. The number of hydrogen-bond donors (Lipinski definition) is 0. The number of unbranched alkanes of at least 4 members (excludes halogenated alkanes) is 8. The summed E-state index contributed by atoms with van der Waals surface area (Å²) in [5, 5.41) is 2.21. The number of fused-ring (bicyclic) bond motifs is 1. The molecule has 3 aromatic carbocycles. The molecule has 1 heterocycles. The monoisotopic (exact) mass is 444 g/mol. The van der Waals surface area contributed by atoms with Crippen LogP contribution in [-0.2, 0) is 4.74 Å². The fourth-order valence-electron chi connectivity index (χ4n) is 4.50. The van der Waals surface area contributed by atoms with Crippen LogP contribution in [0.5, 0.6) is 5.75 Å². The summed E-state index contributed by atoms with van der Waals surface area (Å²) >= 11 is 0. The van der Waals surface area contributed by atoms with Gasteiger partial charge in [-0.3, -0.25) is 4.79 Å². The summed E-state index contributed by atoms with van der Waals surface area (Å²) in [6, 6.07) is 21.9. The minimum absolute atomic E-state index is 0.0412. The SMILES string of the molecule is CCCCCCCCCCCOc1ccccc1[C@@H]1O[C@H]1C(=O)c1ccc2ccccc2c1. The Morgan fingerprint density at radius 2 is 1.45 bits per heavy atom. The molecule has 1 aliphatic heterocycles. The Morgan fingerprint density at radius 1 is 0.788 bits per heavy atom. The van der Waals surface area contributed by atoms with Crippen LogP contribution in [0.4, 0.5) is 0 Å². The van der Waals surface area contributed by atoms with Gasteiger partial charge in [-0.25, -0.2) is 0 Å². The summed E-state index contributed by atoms with van der Waals surface area (Å²) in [4.78, 5) is 13.0. The topological polar surface area (TPSA) is 38.8 Å². The van der Waals surface area contributed by atoms with Gasteiger partial charge in [0.05, 0.1) is 6.61 Å². The van der Waals surface area contributed by atoms with Crippen molar-refractivity contribution in [3.8, 4) is 5.75 Å². The number of ketones is 1. The Morgan fingerprint density at radius 3 is 2.24 bits per heavy atom. The molecule has 0 bridgehead atoms. The van der Waals surface area contributed by atoms with E-state index >= 15 is 0 Å². The summed E-state index contributed by atoms with van der Waals surface area (Å²) in [6.07, 6.45) is 11.0. The highest BCUT2D eigenvalue weighted by Gasteiger charge is 2.47. The quantitative estimate of drug-likeness (QED) is 0.143. The van der Waals surface area contributed by atoms with Crippen LogP contribution in [0.1, 0.15) is 86.7 Å². The van der Waals surface area contributed by atoms with Crippen LogP contribution < -0.4 is 4.74 Å². The molecular weight excluding hydrogens is 408 g/mol. The first-order valence-electron chi connectivity index (χ1n) is 12.7. The molecule has 2 atom stereocenters. The number of para-hydroxylation sites is 1. The minimum Gasteiger partial charge on any atom is -0.493 e. The van der Waals surface area contributed by atoms with Crippen LogP contribution in [-0.4, -0.2) is 18.5 Å². The third-order valence-corrected chi connectivity index (χ3v) is 6.51. The Kier molecular flexibility index (Phi) is 8.54. The van der Waals surface area contributed by atoms with E-state index in [9.17, 15) is 4.79 Å². The zero-order chi connectivity index (χ0) is 22.9. The van der Waals surface area contributed by atoms with Crippen molar-refractivity contribution in [2.24, 2.45) is 0 Å². The molecule has 1 saturated heterocycles. The molecule has 4 rings (SSSR count). The molecule has 0 saturated carbocycles. The zero-order valence-electron chi connectivity index (χ0n) is 19.8. The lowest BCUT2D eigenvalue weighted by atomic mass is 9.99. The van der Waals surface area contributed by atoms with Crippen LogP contribution in [0.25, 0.3) is 10.8 Å². The van der Waals surface area contributed by atoms with Crippen molar-refractivity contribution in [2.75, 3.05) is 6.61 Å². The van der Waals surface area contributed by atoms with Crippen molar-refractivity contribution in [1.29, 1.82) is 0 Å². The van der Waals surface area contributed by atoms with E-state index in [1.54, 1.807) is 0 Å². The van der Waals surface area contributed by atoms with Gasteiger partial charge in [0.1, 0.15) is 11.9 Å². The van der Waals surface area contributed by atoms with Crippen molar-refractivity contribution in [3.05, 3.63) is 77.9 Å². The molecule has 33 heavy (non-hydrogen) atoms. The first-order valence-corrected chi connectivity index (χ1v) is 12.7. The van der Waals surface area contributed by atoms with Gasteiger partial charge in [-0.2, -0.15) is 0 Å². The summed E-state index contributed by atoms with van der Waals surface area (Å²) in [5.74, 6) is 0.885. The number of rotatable bonds is 14. The predicted molar refractivity (Wildman–Crippen MR) is 135 cm³/mol. The lowest BCUT2D eigenvalue weighted by molar-refractivity contribution is 0.0954. The number of benzene rings is 3. The molecule has 0 unspecified atom stereocenters. The third-order valence-electron chi connectivity index (χ3n) is 6.51. The van der Waals surface area contributed by atoms with Crippen molar-refractivity contribution in [3.63, 3.8) is 0 Å². The first-order chi connectivity index (χ1) is 16.3. The van der Waals surface area contributed by atoms with E-state index in [4.69, 9.17) is 9.47 Å². The third kappa shape index (κ3) is 6.45. The van der Waals surface area contributed by atoms with Gasteiger partial charge in [-0.15, -0.1) is 0 Å². The van der Waals surface area contributed by atoms with Gasteiger partial charge >= 0.3 is 0 Å². The number of hydrogen-bond acceptors (Lipinski definition) is 3. The number of ether oxygens (including phenoxy) is 2. The van der Waals surface area contributed by atoms with Gasteiger partial charge in [0.25, 0.3) is 0 Å². The highest BCUT2D eigenvalue weighted by molar-refractivity contribution is 6.04. The maximum atomic E-state index is 13.0. The van der Waals surface area contributed by atoms with Gasteiger partial charge in [0, 0.05) is 11.1 Å². The molecular formula is C30H36O3. The van der Waals surface area contributed by atoms with E-state index in [1.165, 1.54) is 51.4 Å². The Labute approximate surface area is 198 Å². The fraction of sp³-hybridized carbons (Fsp3) is 0.433.